The zero-order chi connectivity index (χ0) is 13.7. The molecule has 1 heterocycles. The van der Waals surface area contributed by atoms with Crippen LogP contribution >= 0.6 is 0 Å². The lowest BCUT2D eigenvalue weighted by Crippen LogP contribution is -2.12. The summed E-state index contributed by atoms with van der Waals surface area (Å²) in [5.74, 6) is 1.80. The van der Waals surface area contributed by atoms with Gasteiger partial charge in [-0.3, -0.25) is 0 Å². The van der Waals surface area contributed by atoms with Crippen molar-refractivity contribution in [1.82, 2.24) is 9.55 Å². The van der Waals surface area contributed by atoms with Crippen molar-refractivity contribution in [2.45, 2.75) is 6.42 Å². The summed E-state index contributed by atoms with van der Waals surface area (Å²) >= 11 is 0. The molecule has 19 heavy (non-hydrogen) atoms. The standard InChI is InChI=1S/C13H16N4O2/c1-17-8-7-15-12(17)6-9-19-11-4-2-10(3-5-11)13(14)16-18/h2-5,7-8,18H,6,9H2,1H3,(H2,14,16). The van der Waals surface area contributed by atoms with E-state index in [9.17, 15) is 0 Å². The Morgan fingerprint density at radius 2 is 2.16 bits per heavy atom. The smallest absolute Gasteiger partial charge is 0.170 e. The Morgan fingerprint density at radius 1 is 1.42 bits per heavy atom. The Balaban J connectivity index is 1.88. The maximum Gasteiger partial charge on any atom is 0.170 e. The van der Waals surface area contributed by atoms with Gasteiger partial charge in [0.25, 0.3) is 0 Å². The third-order valence-corrected chi connectivity index (χ3v) is 2.77. The molecule has 1 aromatic heterocycles. The van der Waals surface area contributed by atoms with Crippen molar-refractivity contribution in [3.05, 3.63) is 48.0 Å². The largest absolute Gasteiger partial charge is 0.493 e. The van der Waals surface area contributed by atoms with E-state index in [0.29, 0.717) is 12.2 Å². The van der Waals surface area contributed by atoms with Gasteiger partial charge in [-0.05, 0) is 24.3 Å². The monoisotopic (exact) mass is 260 g/mol. The highest BCUT2D eigenvalue weighted by Crippen LogP contribution is 2.12. The van der Waals surface area contributed by atoms with Crippen LogP contribution in [-0.4, -0.2) is 27.2 Å². The van der Waals surface area contributed by atoms with Gasteiger partial charge in [0, 0.05) is 31.4 Å². The van der Waals surface area contributed by atoms with Crippen molar-refractivity contribution in [2.24, 2.45) is 17.9 Å². The summed E-state index contributed by atoms with van der Waals surface area (Å²) < 4.78 is 7.57. The summed E-state index contributed by atoms with van der Waals surface area (Å²) in [5, 5.41) is 11.5. The fourth-order valence-electron chi connectivity index (χ4n) is 1.68. The van der Waals surface area contributed by atoms with Crippen molar-refractivity contribution < 1.29 is 9.94 Å². The Hall–Kier alpha value is -2.50. The molecule has 0 saturated heterocycles. The predicted octanol–water partition coefficient (Wildman–Crippen LogP) is 1.14. The molecule has 100 valence electrons. The van der Waals surface area contributed by atoms with Gasteiger partial charge in [-0.1, -0.05) is 5.16 Å². The van der Waals surface area contributed by atoms with E-state index in [1.54, 1.807) is 30.5 Å². The number of rotatable bonds is 5. The fraction of sp³-hybridized carbons (Fsp3) is 0.231. The first-order valence-corrected chi connectivity index (χ1v) is 5.87. The average Bonchev–Trinajstić information content (AvgIpc) is 2.84. The minimum atomic E-state index is 0.0829. The van der Waals surface area contributed by atoms with Gasteiger partial charge >= 0.3 is 0 Å². The molecule has 0 spiro atoms. The van der Waals surface area contributed by atoms with Crippen LogP contribution in [-0.2, 0) is 13.5 Å². The number of aryl methyl sites for hydroxylation is 1. The molecular weight excluding hydrogens is 244 g/mol. The zero-order valence-corrected chi connectivity index (χ0v) is 10.7. The van der Waals surface area contributed by atoms with Crippen LogP contribution in [0.5, 0.6) is 5.75 Å². The van der Waals surface area contributed by atoms with Gasteiger partial charge < -0.3 is 20.2 Å². The highest BCUT2D eigenvalue weighted by molar-refractivity contribution is 5.97. The van der Waals surface area contributed by atoms with E-state index in [-0.39, 0.29) is 5.84 Å². The lowest BCUT2D eigenvalue weighted by molar-refractivity contribution is 0.317. The predicted molar refractivity (Wildman–Crippen MR) is 71.4 cm³/mol. The molecule has 0 aliphatic carbocycles. The van der Waals surface area contributed by atoms with Gasteiger partial charge in [-0.2, -0.15) is 0 Å². The summed E-state index contributed by atoms with van der Waals surface area (Å²) in [6, 6.07) is 7.05. The molecule has 0 fully saturated rings. The normalized spacial score (nSPS) is 11.5. The number of hydrogen-bond donors (Lipinski definition) is 2. The third-order valence-electron chi connectivity index (χ3n) is 2.77. The minimum absolute atomic E-state index is 0.0829. The van der Waals surface area contributed by atoms with Crippen molar-refractivity contribution in [3.63, 3.8) is 0 Å². The average molecular weight is 260 g/mol. The second-order valence-corrected chi connectivity index (χ2v) is 4.06. The van der Waals surface area contributed by atoms with Crippen molar-refractivity contribution in [2.75, 3.05) is 6.61 Å². The second kappa shape index (κ2) is 5.90. The fourth-order valence-corrected chi connectivity index (χ4v) is 1.68. The van der Waals surface area contributed by atoms with E-state index in [1.807, 2.05) is 17.8 Å². The molecule has 0 amide bonds. The summed E-state index contributed by atoms with van der Waals surface area (Å²) in [6.45, 7) is 0.549. The highest BCUT2D eigenvalue weighted by Gasteiger charge is 2.02. The first-order valence-electron chi connectivity index (χ1n) is 5.87. The van der Waals surface area contributed by atoms with Crippen molar-refractivity contribution in [1.29, 1.82) is 0 Å². The molecule has 0 bridgehead atoms. The van der Waals surface area contributed by atoms with E-state index in [2.05, 4.69) is 10.1 Å². The number of imidazole rings is 1. The Bertz CT molecular complexity index is 560. The van der Waals surface area contributed by atoms with Gasteiger partial charge in [-0.15, -0.1) is 0 Å². The van der Waals surface area contributed by atoms with Gasteiger partial charge in [0.15, 0.2) is 5.84 Å². The molecular formula is C13H16N4O2. The number of ether oxygens (including phenoxy) is 1. The van der Waals surface area contributed by atoms with Crippen molar-refractivity contribution in [3.8, 4) is 5.75 Å². The second-order valence-electron chi connectivity index (χ2n) is 4.06. The number of aromatic nitrogens is 2. The lowest BCUT2D eigenvalue weighted by Gasteiger charge is -2.07. The summed E-state index contributed by atoms with van der Waals surface area (Å²) in [7, 11) is 1.95. The molecule has 0 radical (unpaired) electrons. The van der Waals surface area contributed by atoms with Gasteiger partial charge in [-0.25, -0.2) is 4.98 Å². The van der Waals surface area contributed by atoms with Crippen LogP contribution in [0.15, 0.2) is 41.8 Å². The van der Waals surface area contributed by atoms with E-state index in [1.165, 1.54) is 0 Å². The number of nitrogens with two attached hydrogens (primary N) is 1. The van der Waals surface area contributed by atoms with Crippen LogP contribution in [0.4, 0.5) is 0 Å². The number of nitrogens with zero attached hydrogens (tertiary/aromatic N) is 3. The maximum atomic E-state index is 8.55. The molecule has 0 unspecified atom stereocenters. The molecule has 0 atom stereocenters. The highest BCUT2D eigenvalue weighted by atomic mass is 16.5. The molecule has 6 heteroatoms. The Labute approximate surface area is 111 Å². The molecule has 1 aromatic carbocycles. The Morgan fingerprint density at radius 3 is 2.74 bits per heavy atom. The van der Waals surface area contributed by atoms with E-state index in [4.69, 9.17) is 15.7 Å². The molecule has 0 aliphatic heterocycles. The summed E-state index contributed by atoms with van der Waals surface area (Å²) in [5.41, 5.74) is 6.13. The number of hydrogen-bond acceptors (Lipinski definition) is 4. The number of benzene rings is 1. The van der Waals surface area contributed by atoms with Crippen LogP contribution in [0, 0.1) is 0 Å². The topological polar surface area (TPSA) is 85.7 Å². The van der Waals surface area contributed by atoms with E-state index in [0.717, 1.165) is 18.0 Å². The van der Waals surface area contributed by atoms with Crippen LogP contribution in [0.3, 0.4) is 0 Å². The van der Waals surface area contributed by atoms with Crippen LogP contribution in [0.2, 0.25) is 0 Å². The van der Waals surface area contributed by atoms with Gasteiger partial charge in [0.2, 0.25) is 0 Å². The van der Waals surface area contributed by atoms with Crippen LogP contribution in [0.25, 0.3) is 0 Å². The summed E-state index contributed by atoms with van der Waals surface area (Å²) in [4.78, 5) is 4.22. The SMILES string of the molecule is Cn1ccnc1CCOc1ccc(/C(N)=N/O)cc1. The van der Waals surface area contributed by atoms with Gasteiger partial charge in [0.05, 0.1) is 6.61 Å². The first kappa shape index (κ1) is 12.9. The first-order chi connectivity index (χ1) is 9.20. The maximum absolute atomic E-state index is 8.55. The quantitative estimate of drug-likeness (QED) is 0.365. The number of oxime groups is 1. The molecule has 0 aliphatic rings. The van der Waals surface area contributed by atoms with E-state index < -0.39 is 0 Å². The molecule has 2 rings (SSSR count). The molecule has 2 aromatic rings. The minimum Gasteiger partial charge on any atom is -0.493 e. The van der Waals surface area contributed by atoms with E-state index >= 15 is 0 Å². The van der Waals surface area contributed by atoms with Crippen LogP contribution in [0.1, 0.15) is 11.4 Å². The van der Waals surface area contributed by atoms with Gasteiger partial charge in [0.1, 0.15) is 11.6 Å². The molecule has 3 N–H and O–H groups in total. The zero-order valence-electron chi connectivity index (χ0n) is 10.7. The molecule has 6 nitrogen and oxygen atoms in total. The lowest BCUT2D eigenvalue weighted by atomic mass is 10.2. The Kier molecular flexibility index (Phi) is 4.02. The number of amidine groups is 1. The molecule has 0 saturated carbocycles. The van der Waals surface area contributed by atoms with Crippen molar-refractivity contribution >= 4 is 5.84 Å². The third kappa shape index (κ3) is 3.25. The summed E-state index contributed by atoms with van der Waals surface area (Å²) in [6.07, 6.45) is 4.41. The van der Waals surface area contributed by atoms with Crippen LogP contribution < -0.4 is 10.5 Å².